The molecule has 4 rings (SSSR count). The Morgan fingerprint density at radius 2 is 1.62 bits per heavy atom. The first-order valence-electron chi connectivity index (χ1n) is 6.65. The number of hydrogen-bond donors (Lipinski definition) is 0. The zero-order valence-electron chi connectivity index (χ0n) is 11.3. The Bertz CT molecular complexity index is 912. The van der Waals surface area contributed by atoms with E-state index in [2.05, 4.69) is 15.9 Å². The molecule has 0 saturated carbocycles. The predicted molar refractivity (Wildman–Crippen MR) is 87.1 cm³/mol. The summed E-state index contributed by atoms with van der Waals surface area (Å²) in [4.78, 5) is 12.7. The Balaban J connectivity index is 2.26. The fraction of sp³-hybridized carbons (Fsp3) is 0.0556. The Hall–Kier alpha value is -2.13. The van der Waals surface area contributed by atoms with E-state index in [0.29, 0.717) is 0 Å². The van der Waals surface area contributed by atoms with Crippen LogP contribution in [0.15, 0.2) is 53.0 Å². The maximum atomic E-state index is 12.7. The van der Waals surface area contributed by atoms with Crippen molar-refractivity contribution < 1.29 is 9.53 Å². The standard InChI is InChI=1S/C18H11BrO2/c1-21-15-9-14-10-5-2-3-6-11(10)18(20)13-8-4-7-12(16(13)14)17(15)19/h2-9H,1H3. The Morgan fingerprint density at radius 3 is 2.38 bits per heavy atom. The van der Waals surface area contributed by atoms with E-state index in [-0.39, 0.29) is 5.78 Å². The summed E-state index contributed by atoms with van der Waals surface area (Å²) in [6.45, 7) is 0. The van der Waals surface area contributed by atoms with Gasteiger partial charge in [-0.1, -0.05) is 42.5 Å². The SMILES string of the molecule is COc1cc2c3c(cccc3c1Br)C(=O)c1ccccc1-2. The molecular weight excluding hydrogens is 328 g/mol. The average molecular weight is 339 g/mol. The molecule has 3 heteroatoms. The van der Waals surface area contributed by atoms with Gasteiger partial charge in [0.2, 0.25) is 0 Å². The van der Waals surface area contributed by atoms with E-state index in [0.717, 1.165) is 43.2 Å². The van der Waals surface area contributed by atoms with Crippen LogP contribution in [0.25, 0.3) is 21.9 Å². The second-order valence-electron chi connectivity index (χ2n) is 5.04. The van der Waals surface area contributed by atoms with E-state index in [9.17, 15) is 4.79 Å². The number of carbonyl (C=O) groups excluding carboxylic acids is 1. The van der Waals surface area contributed by atoms with Crippen LogP contribution in [0.3, 0.4) is 0 Å². The van der Waals surface area contributed by atoms with Gasteiger partial charge in [-0.25, -0.2) is 0 Å². The molecule has 3 aromatic rings. The third kappa shape index (κ3) is 1.61. The molecule has 0 saturated heterocycles. The van der Waals surface area contributed by atoms with Crippen molar-refractivity contribution in [3.8, 4) is 16.9 Å². The topological polar surface area (TPSA) is 26.3 Å². The molecule has 0 unspecified atom stereocenters. The van der Waals surface area contributed by atoms with Crippen LogP contribution < -0.4 is 4.74 Å². The highest BCUT2D eigenvalue weighted by molar-refractivity contribution is 9.10. The molecule has 0 aromatic heterocycles. The monoisotopic (exact) mass is 338 g/mol. The second kappa shape index (κ2) is 4.43. The van der Waals surface area contributed by atoms with E-state index in [1.165, 1.54) is 0 Å². The molecule has 0 spiro atoms. The number of rotatable bonds is 1. The van der Waals surface area contributed by atoms with E-state index in [4.69, 9.17) is 4.74 Å². The highest BCUT2D eigenvalue weighted by Crippen LogP contribution is 2.45. The van der Waals surface area contributed by atoms with Crippen LogP contribution in [-0.2, 0) is 0 Å². The van der Waals surface area contributed by atoms with Gasteiger partial charge in [-0.3, -0.25) is 4.79 Å². The summed E-state index contributed by atoms with van der Waals surface area (Å²) in [7, 11) is 1.66. The maximum Gasteiger partial charge on any atom is 0.194 e. The number of carbonyl (C=O) groups is 1. The molecule has 0 amide bonds. The highest BCUT2D eigenvalue weighted by atomic mass is 79.9. The van der Waals surface area contributed by atoms with E-state index in [1.54, 1.807) is 7.11 Å². The first kappa shape index (κ1) is 12.6. The highest BCUT2D eigenvalue weighted by Gasteiger charge is 2.26. The summed E-state index contributed by atoms with van der Waals surface area (Å²) in [5.74, 6) is 0.861. The quantitative estimate of drug-likeness (QED) is 0.497. The molecule has 0 fully saturated rings. The van der Waals surface area contributed by atoms with Gasteiger partial charge in [-0.15, -0.1) is 0 Å². The minimum absolute atomic E-state index is 0.0840. The second-order valence-corrected chi connectivity index (χ2v) is 5.84. The van der Waals surface area contributed by atoms with E-state index < -0.39 is 0 Å². The maximum absolute atomic E-state index is 12.7. The van der Waals surface area contributed by atoms with Crippen molar-refractivity contribution in [1.82, 2.24) is 0 Å². The van der Waals surface area contributed by atoms with Crippen molar-refractivity contribution in [3.63, 3.8) is 0 Å². The van der Waals surface area contributed by atoms with Gasteiger partial charge in [0.15, 0.2) is 5.78 Å². The first-order chi connectivity index (χ1) is 10.2. The number of ether oxygens (including phenoxy) is 1. The van der Waals surface area contributed by atoms with Crippen LogP contribution >= 0.6 is 15.9 Å². The van der Waals surface area contributed by atoms with Crippen LogP contribution in [0, 0.1) is 0 Å². The molecule has 0 radical (unpaired) electrons. The molecular formula is C18H11BrO2. The lowest BCUT2D eigenvalue weighted by molar-refractivity contribution is 0.104. The lowest BCUT2D eigenvalue weighted by Gasteiger charge is -2.21. The van der Waals surface area contributed by atoms with Crippen molar-refractivity contribution in [3.05, 3.63) is 64.1 Å². The Morgan fingerprint density at radius 1 is 0.905 bits per heavy atom. The van der Waals surface area contributed by atoms with Crippen LogP contribution in [0.2, 0.25) is 0 Å². The third-order valence-corrected chi connectivity index (χ3v) is 4.81. The summed E-state index contributed by atoms with van der Waals surface area (Å²) < 4.78 is 6.36. The van der Waals surface area contributed by atoms with Crippen LogP contribution in [-0.4, -0.2) is 12.9 Å². The zero-order chi connectivity index (χ0) is 14.6. The Kier molecular flexibility index (Phi) is 2.66. The molecule has 3 aromatic carbocycles. The Labute approximate surface area is 130 Å². The number of fused-ring (bicyclic) bond motifs is 2. The molecule has 21 heavy (non-hydrogen) atoms. The molecule has 0 N–H and O–H groups in total. The molecule has 102 valence electrons. The summed E-state index contributed by atoms with van der Waals surface area (Å²) in [6, 6.07) is 15.6. The van der Waals surface area contributed by atoms with Crippen molar-refractivity contribution in [2.75, 3.05) is 7.11 Å². The van der Waals surface area contributed by atoms with E-state index in [1.807, 2.05) is 48.5 Å². The number of methoxy groups -OCH3 is 1. The largest absolute Gasteiger partial charge is 0.496 e. The van der Waals surface area contributed by atoms with Crippen molar-refractivity contribution in [2.45, 2.75) is 0 Å². The number of halogens is 1. The fourth-order valence-electron chi connectivity index (χ4n) is 3.04. The minimum atomic E-state index is 0.0840. The summed E-state index contributed by atoms with van der Waals surface area (Å²) in [5.41, 5.74) is 3.53. The normalized spacial score (nSPS) is 12.4. The first-order valence-corrected chi connectivity index (χ1v) is 7.45. The van der Waals surface area contributed by atoms with Crippen LogP contribution in [0.1, 0.15) is 15.9 Å². The molecule has 2 nitrogen and oxygen atoms in total. The number of benzene rings is 3. The van der Waals surface area contributed by atoms with Crippen LogP contribution in [0.4, 0.5) is 0 Å². The van der Waals surface area contributed by atoms with E-state index >= 15 is 0 Å². The van der Waals surface area contributed by atoms with Crippen molar-refractivity contribution >= 4 is 32.5 Å². The summed E-state index contributed by atoms with van der Waals surface area (Å²) in [5, 5.41) is 2.00. The van der Waals surface area contributed by atoms with Crippen molar-refractivity contribution in [2.24, 2.45) is 0 Å². The number of ketones is 1. The zero-order valence-corrected chi connectivity index (χ0v) is 12.9. The van der Waals surface area contributed by atoms with Crippen molar-refractivity contribution in [1.29, 1.82) is 0 Å². The molecule has 1 aliphatic carbocycles. The van der Waals surface area contributed by atoms with Crippen LogP contribution in [0.5, 0.6) is 5.75 Å². The van der Waals surface area contributed by atoms with Gasteiger partial charge in [0.05, 0.1) is 11.6 Å². The van der Waals surface area contributed by atoms with Gasteiger partial charge >= 0.3 is 0 Å². The van der Waals surface area contributed by atoms with Gasteiger partial charge in [-0.2, -0.15) is 0 Å². The molecule has 0 bridgehead atoms. The molecule has 1 aliphatic rings. The lowest BCUT2D eigenvalue weighted by Crippen LogP contribution is -2.10. The molecule has 0 atom stereocenters. The van der Waals surface area contributed by atoms with Gasteiger partial charge in [0.1, 0.15) is 5.75 Å². The molecule has 0 aliphatic heterocycles. The summed E-state index contributed by atoms with van der Waals surface area (Å²) in [6.07, 6.45) is 0. The van der Waals surface area contributed by atoms with Gasteiger partial charge < -0.3 is 4.74 Å². The fourth-order valence-corrected chi connectivity index (χ4v) is 3.64. The predicted octanol–water partition coefficient (Wildman–Crippen LogP) is 4.82. The van der Waals surface area contributed by atoms with Gasteiger partial charge in [0.25, 0.3) is 0 Å². The average Bonchev–Trinajstić information content (AvgIpc) is 2.54. The number of hydrogen-bond acceptors (Lipinski definition) is 2. The summed E-state index contributed by atoms with van der Waals surface area (Å²) >= 11 is 3.59. The minimum Gasteiger partial charge on any atom is -0.496 e. The van der Waals surface area contributed by atoms with Gasteiger partial charge in [-0.05, 0) is 33.1 Å². The smallest absolute Gasteiger partial charge is 0.194 e. The third-order valence-electron chi connectivity index (χ3n) is 3.99. The van der Waals surface area contributed by atoms with Gasteiger partial charge in [0, 0.05) is 21.9 Å². The lowest BCUT2D eigenvalue weighted by atomic mass is 9.83. The molecule has 0 heterocycles.